The van der Waals surface area contributed by atoms with Crippen molar-refractivity contribution in [2.45, 2.75) is 36.6 Å². The maximum atomic E-state index is 12.4. The van der Waals surface area contributed by atoms with E-state index in [-0.39, 0.29) is 5.91 Å². The Morgan fingerprint density at radius 2 is 2.00 bits per heavy atom. The predicted octanol–water partition coefficient (Wildman–Crippen LogP) is 5.44. The molecule has 0 fully saturated rings. The fraction of sp³-hybridized carbons (Fsp3) is 0.182. The lowest BCUT2D eigenvalue weighted by atomic mass is 10.1. The third-order valence-electron chi connectivity index (χ3n) is 4.60. The minimum atomic E-state index is -0.197. The van der Waals surface area contributed by atoms with Crippen molar-refractivity contribution < 1.29 is 4.79 Å². The van der Waals surface area contributed by atoms with E-state index in [9.17, 15) is 4.79 Å². The van der Waals surface area contributed by atoms with Gasteiger partial charge in [-0.25, -0.2) is 4.98 Å². The number of hydrogen-bond donors (Lipinski definition) is 1. The van der Waals surface area contributed by atoms with Crippen LogP contribution >= 0.6 is 23.4 Å². The molecule has 30 heavy (non-hydrogen) atoms. The van der Waals surface area contributed by atoms with Gasteiger partial charge in [0.05, 0.1) is 0 Å². The molecule has 1 amide bonds. The quantitative estimate of drug-likeness (QED) is 0.406. The Labute approximate surface area is 183 Å². The zero-order valence-electron chi connectivity index (χ0n) is 16.6. The van der Waals surface area contributed by atoms with Gasteiger partial charge in [0.1, 0.15) is 11.4 Å². The largest absolute Gasteiger partial charge is 0.322 e. The molecular weight excluding hydrogens is 418 g/mol. The topological polar surface area (TPSA) is 72.2 Å². The molecule has 0 spiro atoms. The third-order valence-corrected chi connectivity index (χ3v) is 5.95. The summed E-state index contributed by atoms with van der Waals surface area (Å²) in [5, 5.41) is 8.80. The van der Waals surface area contributed by atoms with Crippen molar-refractivity contribution >= 4 is 40.7 Å². The minimum Gasteiger partial charge on any atom is -0.322 e. The van der Waals surface area contributed by atoms with Crippen LogP contribution in [0.15, 0.2) is 64.8 Å². The average Bonchev–Trinajstić information content (AvgIpc) is 3.20. The minimum absolute atomic E-state index is 0.197. The van der Waals surface area contributed by atoms with Crippen molar-refractivity contribution in [2.24, 2.45) is 0 Å². The highest BCUT2D eigenvalue weighted by Gasteiger charge is 2.15. The number of nitrogens with one attached hydrogen (secondary N) is 1. The van der Waals surface area contributed by atoms with Crippen LogP contribution < -0.4 is 5.32 Å². The molecule has 0 radical (unpaired) electrons. The number of rotatable bonds is 6. The maximum absolute atomic E-state index is 12.4. The van der Waals surface area contributed by atoms with Crippen LogP contribution in [0.4, 0.5) is 5.69 Å². The van der Waals surface area contributed by atoms with Crippen LogP contribution in [0.25, 0.3) is 5.78 Å². The maximum Gasteiger partial charge on any atom is 0.255 e. The van der Waals surface area contributed by atoms with Crippen molar-refractivity contribution in [3.8, 4) is 0 Å². The van der Waals surface area contributed by atoms with E-state index in [1.54, 1.807) is 40.5 Å². The summed E-state index contributed by atoms with van der Waals surface area (Å²) >= 11 is 7.59. The molecule has 1 N–H and O–H groups in total. The Balaban J connectivity index is 1.56. The molecule has 2 aromatic carbocycles. The molecule has 152 valence electrons. The summed E-state index contributed by atoms with van der Waals surface area (Å²) in [4.78, 5) is 22.2. The molecule has 0 aliphatic carbocycles. The Kier molecular flexibility index (Phi) is 6.01. The Hall–Kier alpha value is -2.90. The van der Waals surface area contributed by atoms with Crippen LogP contribution in [-0.4, -0.2) is 25.5 Å². The van der Waals surface area contributed by atoms with E-state index in [1.165, 1.54) is 11.9 Å². The van der Waals surface area contributed by atoms with E-state index in [0.29, 0.717) is 16.4 Å². The van der Waals surface area contributed by atoms with Crippen molar-refractivity contribution in [1.82, 2.24) is 19.6 Å². The second kappa shape index (κ2) is 8.85. The van der Waals surface area contributed by atoms with Gasteiger partial charge >= 0.3 is 0 Å². The van der Waals surface area contributed by atoms with Gasteiger partial charge in [0.2, 0.25) is 0 Å². The lowest BCUT2D eigenvalue weighted by Crippen LogP contribution is -2.11. The molecule has 8 heteroatoms. The van der Waals surface area contributed by atoms with Crippen LogP contribution in [0.3, 0.4) is 0 Å². The number of carbonyl (C=O) groups is 1. The molecule has 4 rings (SSSR count). The van der Waals surface area contributed by atoms with Gasteiger partial charge in [-0.15, -0.1) is 0 Å². The number of anilines is 1. The summed E-state index contributed by atoms with van der Waals surface area (Å²) in [5.41, 5.74) is 3.39. The number of nitrogens with zero attached hydrogens (tertiary/aromatic N) is 4. The third kappa shape index (κ3) is 4.32. The molecule has 0 saturated heterocycles. The molecule has 0 unspecified atom stereocenters. The summed E-state index contributed by atoms with van der Waals surface area (Å²) in [5.74, 6) is 0.400. The number of benzene rings is 2. The van der Waals surface area contributed by atoms with Crippen molar-refractivity contribution in [3.63, 3.8) is 0 Å². The summed E-state index contributed by atoms with van der Waals surface area (Å²) in [6, 6.07) is 14.6. The summed E-state index contributed by atoms with van der Waals surface area (Å²) < 4.78 is 1.79. The second-order valence-corrected chi connectivity index (χ2v) is 8.29. The smallest absolute Gasteiger partial charge is 0.255 e. The first-order valence-corrected chi connectivity index (χ1v) is 10.8. The SMILES string of the molecule is CCCc1c(C)nc2ncnn2c1Sc1ccc(NC(=O)c2cccc(Cl)c2)cc1. The van der Waals surface area contributed by atoms with Crippen molar-refractivity contribution in [1.29, 1.82) is 0 Å². The van der Waals surface area contributed by atoms with Gasteiger partial charge < -0.3 is 5.32 Å². The number of carbonyl (C=O) groups excluding carboxylic acids is 1. The number of fused-ring (bicyclic) bond motifs is 1. The van der Waals surface area contributed by atoms with E-state index >= 15 is 0 Å². The molecule has 0 bridgehead atoms. The van der Waals surface area contributed by atoms with Crippen LogP contribution in [0, 0.1) is 6.92 Å². The van der Waals surface area contributed by atoms with Gasteiger partial charge in [-0.1, -0.05) is 42.8 Å². The van der Waals surface area contributed by atoms with Gasteiger partial charge in [-0.3, -0.25) is 4.79 Å². The van der Waals surface area contributed by atoms with Gasteiger partial charge in [-0.2, -0.15) is 14.6 Å². The Morgan fingerprint density at radius 1 is 1.20 bits per heavy atom. The number of aryl methyl sites for hydroxylation is 1. The van der Waals surface area contributed by atoms with Crippen LogP contribution in [0.2, 0.25) is 5.02 Å². The van der Waals surface area contributed by atoms with Gasteiger partial charge in [-0.05, 0) is 55.8 Å². The van der Waals surface area contributed by atoms with Crippen molar-refractivity contribution in [3.05, 3.63) is 76.7 Å². The molecule has 0 atom stereocenters. The fourth-order valence-electron chi connectivity index (χ4n) is 3.15. The highest BCUT2D eigenvalue weighted by molar-refractivity contribution is 7.99. The monoisotopic (exact) mass is 437 g/mol. The second-order valence-electron chi connectivity index (χ2n) is 6.79. The lowest BCUT2D eigenvalue weighted by Gasteiger charge is -2.13. The fourth-order valence-corrected chi connectivity index (χ4v) is 4.42. The Bertz CT molecular complexity index is 1210. The predicted molar refractivity (Wildman–Crippen MR) is 119 cm³/mol. The Morgan fingerprint density at radius 3 is 2.73 bits per heavy atom. The van der Waals surface area contributed by atoms with E-state index in [0.717, 1.165) is 34.1 Å². The molecule has 4 aromatic rings. The zero-order chi connectivity index (χ0) is 21.1. The highest BCUT2D eigenvalue weighted by Crippen LogP contribution is 2.33. The molecular formula is C22H20ClN5OS. The van der Waals surface area contributed by atoms with Gasteiger partial charge in [0.25, 0.3) is 11.7 Å². The normalized spacial score (nSPS) is 11.0. The first kappa shape index (κ1) is 20.4. The van der Waals surface area contributed by atoms with Crippen molar-refractivity contribution in [2.75, 3.05) is 5.32 Å². The van der Waals surface area contributed by atoms with E-state index in [2.05, 4.69) is 27.3 Å². The number of amides is 1. The molecule has 2 heterocycles. The number of aromatic nitrogens is 4. The number of halogens is 1. The number of hydrogen-bond acceptors (Lipinski definition) is 5. The van der Waals surface area contributed by atoms with Crippen LogP contribution in [-0.2, 0) is 6.42 Å². The van der Waals surface area contributed by atoms with E-state index in [4.69, 9.17) is 11.6 Å². The van der Waals surface area contributed by atoms with Gasteiger partial charge in [0.15, 0.2) is 0 Å². The van der Waals surface area contributed by atoms with Crippen LogP contribution in [0.1, 0.15) is 35.0 Å². The molecule has 2 aromatic heterocycles. The molecule has 0 saturated carbocycles. The average molecular weight is 438 g/mol. The lowest BCUT2D eigenvalue weighted by molar-refractivity contribution is 0.102. The summed E-state index contributed by atoms with van der Waals surface area (Å²) in [6.45, 7) is 4.16. The molecule has 0 aliphatic heterocycles. The zero-order valence-corrected chi connectivity index (χ0v) is 18.2. The standard InChI is InChI=1S/C22H20ClN5OS/c1-3-5-19-14(2)26-22-24-13-25-28(22)21(19)30-18-10-8-17(9-11-18)27-20(29)15-6-4-7-16(23)12-15/h4,6-13H,3,5H2,1-2H3,(H,27,29). The summed E-state index contributed by atoms with van der Waals surface area (Å²) in [7, 11) is 0. The molecule has 6 nitrogen and oxygen atoms in total. The van der Waals surface area contributed by atoms with E-state index < -0.39 is 0 Å². The van der Waals surface area contributed by atoms with E-state index in [1.807, 2.05) is 31.2 Å². The first-order valence-electron chi connectivity index (χ1n) is 9.59. The summed E-state index contributed by atoms with van der Waals surface area (Å²) in [6.07, 6.45) is 3.46. The first-order chi connectivity index (χ1) is 14.5. The van der Waals surface area contributed by atoms with Gasteiger partial charge in [0, 0.05) is 32.4 Å². The van der Waals surface area contributed by atoms with Crippen LogP contribution in [0.5, 0.6) is 0 Å². The molecule has 0 aliphatic rings. The highest BCUT2D eigenvalue weighted by atomic mass is 35.5.